The molecule has 0 atom stereocenters. The maximum Gasteiger partial charge on any atom is 0.0719 e. The van der Waals surface area contributed by atoms with Crippen LogP contribution in [0.25, 0.3) is 21.3 Å². The Morgan fingerprint density at radius 2 is 2.11 bits per heavy atom. The van der Waals surface area contributed by atoms with Crippen molar-refractivity contribution in [3.8, 4) is 11.3 Å². The number of nitrogens with zero attached hydrogens (tertiary/aromatic N) is 1. The van der Waals surface area contributed by atoms with Crippen LogP contribution in [0, 0.1) is 0 Å². The van der Waals surface area contributed by atoms with Gasteiger partial charge in [0.2, 0.25) is 0 Å². The first-order valence-corrected chi connectivity index (χ1v) is 7.68. The molecule has 3 rings (SSSR count). The Kier molecular flexibility index (Phi) is 3.60. The molecule has 0 saturated carbocycles. The molecule has 0 spiro atoms. The van der Waals surface area contributed by atoms with Gasteiger partial charge in [0.05, 0.1) is 5.69 Å². The van der Waals surface area contributed by atoms with Gasteiger partial charge in [0.1, 0.15) is 0 Å². The average Bonchev–Trinajstić information content (AvgIpc) is 2.93. The van der Waals surface area contributed by atoms with Crippen molar-refractivity contribution in [3.05, 3.63) is 53.5 Å². The number of thiophene rings is 1. The first-order chi connectivity index (χ1) is 9.38. The summed E-state index contributed by atoms with van der Waals surface area (Å²) in [6, 6.07) is 13.0. The van der Waals surface area contributed by atoms with Gasteiger partial charge in [0.15, 0.2) is 0 Å². The van der Waals surface area contributed by atoms with E-state index in [1.165, 1.54) is 34.1 Å². The molecule has 0 radical (unpaired) electrons. The van der Waals surface area contributed by atoms with E-state index >= 15 is 0 Å². The largest absolute Gasteiger partial charge is 0.256 e. The molecule has 0 aliphatic heterocycles. The predicted molar refractivity (Wildman–Crippen MR) is 83.7 cm³/mol. The number of aromatic nitrogens is 1. The fourth-order valence-electron chi connectivity index (χ4n) is 2.35. The first kappa shape index (κ1) is 12.4. The quantitative estimate of drug-likeness (QED) is 0.624. The highest BCUT2D eigenvalue weighted by Crippen LogP contribution is 2.31. The zero-order valence-corrected chi connectivity index (χ0v) is 11.9. The summed E-state index contributed by atoms with van der Waals surface area (Å²) in [6.07, 6.45) is 5.56. The molecule has 96 valence electrons. The number of pyridine rings is 1. The fourth-order valence-corrected chi connectivity index (χ4v) is 3.28. The minimum Gasteiger partial charge on any atom is -0.256 e. The molecule has 0 N–H and O–H groups in total. The number of aryl methyl sites for hydroxylation is 1. The maximum absolute atomic E-state index is 4.55. The summed E-state index contributed by atoms with van der Waals surface area (Å²) in [5.41, 5.74) is 3.74. The molecule has 0 unspecified atom stereocenters. The number of hydrogen-bond acceptors (Lipinski definition) is 2. The van der Waals surface area contributed by atoms with Crippen molar-refractivity contribution in [1.82, 2.24) is 4.98 Å². The van der Waals surface area contributed by atoms with Crippen molar-refractivity contribution in [2.24, 2.45) is 0 Å². The second-order valence-electron chi connectivity index (χ2n) is 4.80. The van der Waals surface area contributed by atoms with Crippen LogP contribution in [0.3, 0.4) is 0 Å². The fraction of sp³-hybridized carbons (Fsp3) is 0.235. The van der Waals surface area contributed by atoms with Gasteiger partial charge >= 0.3 is 0 Å². The predicted octanol–water partition coefficient (Wildman–Crippen LogP) is 5.31. The number of fused-ring (bicyclic) bond motifs is 1. The normalized spacial score (nSPS) is 11.0. The van der Waals surface area contributed by atoms with Crippen LogP contribution in [0.1, 0.15) is 25.3 Å². The van der Waals surface area contributed by atoms with E-state index in [2.05, 4.69) is 53.7 Å². The summed E-state index contributed by atoms with van der Waals surface area (Å²) in [5.74, 6) is 0. The number of unbranched alkanes of at least 4 members (excludes halogenated alkanes) is 1. The van der Waals surface area contributed by atoms with Crippen LogP contribution in [0.4, 0.5) is 0 Å². The lowest BCUT2D eigenvalue weighted by Gasteiger charge is -2.05. The molecule has 0 amide bonds. The third kappa shape index (κ3) is 2.54. The Hall–Kier alpha value is -1.67. The molecule has 0 aliphatic rings. The molecule has 3 aromatic rings. The maximum atomic E-state index is 4.55. The van der Waals surface area contributed by atoms with Crippen molar-refractivity contribution < 1.29 is 0 Å². The van der Waals surface area contributed by atoms with Crippen molar-refractivity contribution >= 4 is 21.4 Å². The van der Waals surface area contributed by atoms with Gasteiger partial charge in [-0.15, -0.1) is 11.3 Å². The zero-order valence-electron chi connectivity index (χ0n) is 11.1. The molecule has 1 aromatic carbocycles. The van der Waals surface area contributed by atoms with Crippen LogP contribution in [0.2, 0.25) is 0 Å². The third-order valence-electron chi connectivity index (χ3n) is 3.40. The van der Waals surface area contributed by atoms with Gasteiger partial charge in [-0.25, -0.2) is 0 Å². The smallest absolute Gasteiger partial charge is 0.0719 e. The molecule has 19 heavy (non-hydrogen) atoms. The molecule has 2 heteroatoms. The van der Waals surface area contributed by atoms with Crippen LogP contribution in [-0.4, -0.2) is 4.98 Å². The Balaban J connectivity index is 2.03. The third-order valence-corrected chi connectivity index (χ3v) is 4.36. The molecule has 0 saturated heterocycles. The summed E-state index contributed by atoms with van der Waals surface area (Å²) in [4.78, 5) is 4.55. The zero-order chi connectivity index (χ0) is 13.1. The van der Waals surface area contributed by atoms with Crippen LogP contribution < -0.4 is 0 Å². The summed E-state index contributed by atoms with van der Waals surface area (Å²) in [5, 5.41) is 3.46. The minimum atomic E-state index is 1.10. The van der Waals surface area contributed by atoms with Gasteiger partial charge in [-0.1, -0.05) is 31.5 Å². The number of rotatable bonds is 4. The highest BCUT2D eigenvalue weighted by Gasteiger charge is 2.06. The lowest BCUT2D eigenvalue weighted by molar-refractivity contribution is 0.794. The van der Waals surface area contributed by atoms with E-state index < -0.39 is 0 Å². The van der Waals surface area contributed by atoms with E-state index in [-0.39, 0.29) is 0 Å². The average molecular weight is 267 g/mol. The summed E-state index contributed by atoms with van der Waals surface area (Å²) in [7, 11) is 0. The molecule has 2 aromatic heterocycles. The van der Waals surface area contributed by atoms with E-state index in [0.29, 0.717) is 0 Å². The van der Waals surface area contributed by atoms with Gasteiger partial charge < -0.3 is 0 Å². The SMILES string of the molecule is CCCCc1ccnc(-c2cccc3ccsc23)c1. The molecular formula is C17H17NS. The van der Waals surface area contributed by atoms with Gasteiger partial charge in [0, 0.05) is 16.5 Å². The summed E-state index contributed by atoms with van der Waals surface area (Å²) in [6.45, 7) is 2.23. The van der Waals surface area contributed by atoms with E-state index in [1.807, 2.05) is 6.20 Å². The number of benzene rings is 1. The highest BCUT2D eigenvalue weighted by atomic mass is 32.1. The minimum absolute atomic E-state index is 1.10. The molecule has 2 heterocycles. The second-order valence-corrected chi connectivity index (χ2v) is 5.71. The van der Waals surface area contributed by atoms with Gasteiger partial charge in [0.25, 0.3) is 0 Å². The van der Waals surface area contributed by atoms with Gasteiger partial charge in [-0.05, 0) is 47.4 Å². The van der Waals surface area contributed by atoms with Crippen LogP contribution in [0.15, 0.2) is 48.0 Å². The molecule has 0 aliphatic carbocycles. The Morgan fingerprint density at radius 3 is 3.00 bits per heavy atom. The molecular weight excluding hydrogens is 250 g/mol. The molecule has 1 nitrogen and oxygen atoms in total. The van der Waals surface area contributed by atoms with E-state index in [0.717, 1.165) is 12.1 Å². The van der Waals surface area contributed by atoms with E-state index in [1.54, 1.807) is 11.3 Å². The lowest BCUT2D eigenvalue weighted by Crippen LogP contribution is -1.89. The van der Waals surface area contributed by atoms with Gasteiger partial charge in [-0.2, -0.15) is 0 Å². The lowest BCUT2D eigenvalue weighted by atomic mass is 10.0. The van der Waals surface area contributed by atoms with Crippen molar-refractivity contribution in [3.63, 3.8) is 0 Å². The summed E-state index contributed by atoms with van der Waals surface area (Å²) < 4.78 is 1.34. The first-order valence-electron chi connectivity index (χ1n) is 6.80. The van der Waals surface area contributed by atoms with Crippen LogP contribution >= 0.6 is 11.3 Å². The summed E-state index contributed by atoms with van der Waals surface area (Å²) >= 11 is 1.79. The standard InChI is InChI=1S/C17H17NS/c1-2-3-5-13-8-10-18-16(12-13)15-7-4-6-14-9-11-19-17(14)15/h4,6-12H,2-3,5H2,1H3. The number of hydrogen-bond donors (Lipinski definition) is 0. The Labute approximate surface area is 117 Å². The topological polar surface area (TPSA) is 12.9 Å². The molecule has 0 bridgehead atoms. The highest BCUT2D eigenvalue weighted by molar-refractivity contribution is 7.17. The van der Waals surface area contributed by atoms with E-state index in [9.17, 15) is 0 Å². The monoisotopic (exact) mass is 267 g/mol. The van der Waals surface area contributed by atoms with Crippen LogP contribution in [0.5, 0.6) is 0 Å². The van der Waals surface area contributed by atoms with Crippen molar-refractivity contribution in [2.75, 3.05) is 0 Å². The second kappa shape index (κ2) is 5.54. The molecule has 0 fully saturated rings. The van der Waals surface area contributed by atoms with Gasteiger partial charge in [-0.3, -0.25) is 4.98 Å². The van der Waals surface area contributed by atoms with E-state index in [4.69, 9.17) is 0 Å². The van der Waals surface area contributed by atoms with Crippen LogP contribution in [-0.2, 0) is 6.42 Å². The van der Waals surface area contributed by atoms with Crippen molar-refractivity contribution in [1.29, 1.82) is 0 Å². The van der Waals surface area contributed by atoms with Crippen molar-refractivity contribution in [2.45, 2.75) is 26.2 Å². The Morgan fingerprint density at radius 1 is 1.16 bits per heavy atom. The Bertz CT molecular complexity index is 684.